The summed E-state index contributed by atoms with van der Waals surface area (Å²) in [5, 5.41) is 3.28. The first-order chi connectivity index (χ1) is 14.5. The maximum Gasteiger partial charge on any atom is 0.261 e. The van der Waals surface area contributed by atoms with Gasteiger partial charge in [0.15, 0.2) is 5.78 Å². The summed E-state index contributed by atoms with van der Waals surface area (Å²) in [5.74, 6) is -0.439. The first-order valence-electron chi connectivity index (χ1n) is 9.47. The Morgan fingerprint density at radius 1 is 0.900 bits per heavy atom. The fourth-order valence-corrected chi connectivity index (χ4v) is 3.23. The molecule has 6 nitrogen and oxygen atoms in total. The van der Waals surface area contributed by atoms with Gasteiger partial charge in [0, 0.05) is 16.8 Å². The van der Waals surface area contributed by atoms with E-state index in [4.69, 9.17) is 0 Å². The Labute approximate surface area is 172 Å². The van der Waals surface area contributed by atoms with E-state index in [1.165, 1.54) is 10.9 Å². The summed E-state index contributed by atoms with van der Waals surface area (Å²) in [5.41, 5.74) is 2.89. The number of carbonyl (C=O) groups is 2. The van der Waals surface area contributed by atoms with Crippen LogP contribution in [-0.2, 0) is 6.54 Å². The number of carbonyl (C=O) groups excluding carboxylic acids is 2. The van der Waals surface area contributed by atoms with Gasteiger partial charge < -0.3 is 5.32 Å². The maximum absolute atomic E-state index is 12.7. The first-order valence-corrected chi connectivity index (χ1v) is 9.47. The van der Waals surface area contributed by atoms with Gasteiger partial charge in [-0.05, 0) is 55.0 Å². The first kappa shape index (κ1) is 19.3. The molecule has 0 fully saturated rings. The van der Waals surface area contributed by atoms with Gasteiger partial charge >= 0.3 is 0 Å². The highest BCUT2D eigenvalue weighted by Crippen LogP contribution is 2.14. The van der Waals surface area contributed by atoms with Crippen molar-refractivity contribution in [3.05, 3.63) is 106 Å². The van der Waals surface area contributed by atoms with Gasteiger partial charge in [-0.2, -0.15) is 0 Å². The SMILES string of the molecule is Cc1cccc2c(=O)n(CC(=O)c3ccc(NC(=O)c4ccccc4)cc3)cnc12. The smallest absolute Gasteiger partial charge is 0.261 e. The number of rotatable bonds is 5. The van der Waals surface area contributed by atoms with Crippen LogP contribution in [0.5, 0.6) is 0 Å². The molecule has 3 aromatic carbocycles. The van der Waals surface area contributed by atoms with Crippen LogP contribution in [0.15, 0.2) is 83.9 Å². The third kappa shape index (κ3) is 3.89. The number of ketones is 1. The molecule has 1 N–H and O–H groups in total. The van der Waals surface area contributed by atoms with Crippen molar-refractivity contribution in [3.63, 3.8) is 0 Å². The number of aryl methyl sites for hydroxylation is 1. The Morgan fingerprint density at radius 3 is 2.37 bits per heavy atom. The zero-order valence-electron chi connectivity index (χ0n) is 16.3. The molecule has 0 atom stereocenters. The molecule has 0 aliphatic heterocycles. The Kier molecular flexibility index (Phi) is 5.22. The molecule has 0 aliphatic rings. The van der Waals surface area contributed by atoms with Crippen molar-refractivity contribution in [2.24, 2.45) is 0 Å². The number of nitrogens with zero attached hydrogens (tertiary/aromatic N) is 2. The van der Waals surface area contributed by atoms with Crippen LogP contribution in [0.3, 0.4) is 0 Å². The molecule has 1 amide bonds. The minimum absolute atomic E-state index is 0.106. The number of benzene rings is 3. The average molecular weight is 397 g/mol. The maximum atomic E-state index is 12.7. The van der Waals surface area contributed by atoms with Gasteiger partial charge in [-0.25, -0.2) is 4.98 Å². The monoisotopic (exact) mass is 397 g/mol. The topological polar surface area (TPSA) is 81.1 Å². The molecule has 4 aromatic rings. The fourth-order valence-electron chi connectivity index (χ4n) is 3.23. The molecular formula is C24H19N3O3. The Bertz CT molecular complexity index is 1290. The molecule has 0 radical (unpaired) electrons. The number of anilines is 1. The number of hydrogen-bond acceptors (Lipinski definition) is 4. The predicted molar refractivity (Wildman–Crippen MR) is 116 cm³/mol. The van der Waals surface area contributed by atoms with Gasteiger partial charge in [-0.3, -0.25) is 19.0 Å². The van der Waals surface area contributed by atoms with Crippen molar-refractivity contribution in [1.82, 2.24) is 9.55 Å². The molecule has 0 unspecified atom stereocenters. The van der Waals surface area contributed by atoms with Crippen molar-refractivity contribution in [2.45, 2.75) is 13.5 Å². The second-order valence-electron chi connectivity index (χ2n) is 6.97. The summed E-state index contributed by atoms with van der Waals surface area (Å²) in [6, 6.07) is 20.9. The van der Waals surface area contributed by atoms with E-state index in [0.717, 1.165) is 5.56 Å². The Hall–Kier alpha value is -4.06. The molecule has 4 rings (SSSR count). The molecule has 0 bridgehead atoms. The highest BCUT2D eigenvalue weighted by Gasteiger charge is 2.12. The summed E-state index contributed by atoms with van der Waals surface area (Å²) < 4.78 is 1.31. The molecule has 0 spiro atoms. The van der Waals surface area contributed by atoms with Crippen LogP contribution in [0.25, 0.3) is 10.9 Å². The normalized spacial score (nSPS) is 10.7. The van der Waals surface area contributed by atoms with E-state index in [0.29, 0.717) is 27.7 Å². The number of amides is 1. The molecular weight excluding hydrogens is 378 g/mol. The lowest BCUT2D eigenvalue weighted by molar-refractivity contribution is 0.0970. The Balaban J connectivity index is 1.49. The number of hydrogen-bond donors (Lipinski definition) is 1. The van der Waals surface area contributed by atoms with Crippen molar-refractivity contribution in [2.75, 3.05) is 5.32 Å². The molecule has 0 saturated carbocycles. The van der Waals surface area contributed by atoms with Crippen LogP contribution in [0, 0.1) is 6.92 Å². The third-order valence-corrected chi connectivity index (χ3v) is 4.87. The highest BCUT2D eigenvalue weighted by atomic mass is 16.2. The van der Waals surface area contributed by atoms with Crippen LogP contribution < -0.4 is 10.9 Å². The number of aromatic nitrogens is 2. The quantitative estimate of drug-likeness (QED) is 0.519. The van der Waals surface area contributed by atoms with E-state index in [9.17, 15) is 14.4 Å². The number of fused-ring (bicyclic) bond motifs is 1. The summed E-state index contributed by atoms with van der Waals surface area (Å²) >= 11 is 0. The number of Topliss-reactive ketones (excluding diaryl/α,β-unsaturated/α-hetero) is 1. The van der Waals surface area contributed by atoms with Crippen molar-refractivity contribution < 1.29 is 9.59 Å². The van der Waals surface area contributed by atoms with E-state index in [1.54, 1.807) is 60.7 Å². The van der Waals surface area contributed by atoms with Crippen LogP contribution in [0.4, 0.5) is 5.69 Å². The van der Waals surface area contributed by atoms with Gasteiger partial charge in [-0.15, -0.1) is 0 Å². The van der Waals surface area contributed by atoms with Gasteiger partial charge in [0.25, 0.3) is 11.5 Å². The largest absolute Gasteiger partial charge is 0.322 e. The van der Waals surface area contributed by atoms with Crippen LogP contribution in [0.1, 0.15) is 26.3 Å². The van der Waals surface area contributed by atoms with Gasteiger partial charge in [-0.1, -0.05) is 30.3 Å². The standard InChI is InChI=1S/C24H19N3O3/c1-16-6-5-9-20-22(16)25-15-27(24(20)30)14-21(28)17-10-12-19(13-11-17)26-23(29)18-7-3-2-4-8-18/h2-13,15H,14H2,1H3,(H,26,29). The summed E-state index contributed by atoms with van der Waals surface area (Å²) in [4.78, 5) is 41.9. The molecule has 148 valence electrons. The Morgan fingerprint density at radius 2 is 1.63 bits per heavy atom. The lowest BCUT2D eigenvalue weighted by atomic mass is 10.1. The van der Waals surface area contributed by atoms with E-state index in [2.05, 4.69) is 10.3 Å². The number of nitrogens with one attached hydrogen (secondary N) is 1. The predicted octanol–water partition coefficient (Wildman–Crippen LogP) is 3.84. The van der Waals surface area contributed by atoms with Gasteiger partial charge in [0.2, 0.25) is 0 Å². The zero-order chi connectivity index (χ0) is 21.1. The highest BCUT2D eigenvalue weighted by molar-refractivity contribution is 6.04. The third-order valence-electron chi connectivity index (χ3n) is 4.87. The molecule has 1 heterocycles. The molecule has 30 heavy (non-hydrogen) atoms. The molecule has 6 heteroatoms. The minimum atomic E-state index is -0.246. The second kappa shape index (κ2) is 8.13. The van der Waals surface area contributed by atoms with Gasteiger partial charge in [0.05, 0.1) is 23.8 Å². The number of para-hydroxylation sites is 1. The van der Waals surface area contributed by atoms with Crippen molar-refractivity contribution in [1.29, 1.82) is 0 Å². The van der Waals surface area contributed by atoms with Gasteiger partial charge in [0.1, 0.15) is 0 Å². The van der Waals surface area contributed by atoms with E-state index in [-0.39, 0.29) is 23.8 Å². The zero-order valence-corrected chi connectivity index (χ0v) is 16.3. The summed E-state index contributed by atoms with van der Waals surface area (Å²) in [6.07, 6.45) is 1.41. The van der Waals surface area contributed by atoms with E-state index >= 15 is 0 Å². The van der Waals surface area contributed by atoms with Crippen LogP contribution >= 0.6 is 0 Å². The lowest BCUT2D eigenvalue weighted by Gasteiger charge is -2.09. The summed E-state index contributed by atoms with van der Waals surface area (Å²) in [7, 11) is 0. The lowest BCUT2D eigenvalue weighted by Crippen LogP contribution is -2.24. The van der Waals surface area contributed by atoms with Crippen LogP contribution in [0.2, 0.25) is 0 Å². The van der Waals surface area contributed by atoms with Crippen molar-refractivity contribution >= 4 is 28.3 Å². The van der Waals surface area contributed by atoms with Crippen molar-refractivity contribution in [3.8, 4) is 0 Å². The molecule has 0 aliphatic carbocycles. The molecule has 1 aromatic heterocycles. The minimum Gasteiger partial charge on any atom is -0.322 e. The van der Waals surface area contributed by atoms with Crippen LogP contribution in [-0.4, -0.2) is 21.2 Å². The molecule has 0 saturated heterocycles. The van der Waals surface area contributed by atoms with E-state index < -0.39 is 0 Å². The van der Waals surface area contributed by atoms with E-state index in [1.807, 2.05) is 19.1 Å². The fraction of sp³-hybridized carbons (Fsp3) is 0.0833. The average Bonchev–Trinajstić information content (AvgIpc) is 2.77. The second-order valence-corrected chi connectivity index (χ2v) is 6.97. The summed E-state index contributed by atoms with van der Waals surface area (Å²) in [6.45, 7) is 1.79.